The number of likely N-dealkylation sites (N-methyl/N-ethyl adjacent to an activating group) is 1. The molecule has 1 unspecified atom stereocenters. The molecule has 0 aliphatic carbocycles. The van der Waals surface area contributed by atoms with Crippen molar-refractivity contribution in [2.75, 3.05) is 13.6 Å². The maximum absolute atomic E-state index is 12.0. The minimum atomic E-state index is -0.946. The summed E-state index contributed by atoms with van der Waals surface area (Å²) in [5, 5.41) is 9.15. The third-order valence-electron chi connectivity index (χ3n) is 2.58. The highest BCUT2D eigenvalue weighted by molar-refractivity contribution is 9.10. The quantitative estimate of drug-likeness (QED) is 0.843. The second-order valence-corrected chi connectivity index (χ2v) is 5.53. The highest BCUT2D eigenvalue weighted by Gasteiger charge is 2.20. The van der Waals surface area contributed by atoms with Gasteiger partial charge >= 0.3 is 5.97 Å². The molecular weight excluding hydrogens is 350 g/mol. The molecule has 1 amide bonds. The number of amides is 1. The number of hydrogen-bond donors (Lipinski definition) is 1. The summed E-state index contributed by atoms with van der Waals surface area (Å²) in [5.41, 5.74) is 0. The van der Waals surface area contributed by atoms with Gasteiger partial charge in [0.15, 0.2) is 6.10 Å². The lowest BCUT2D eigenvalue weighted by molar-refractivity contribution is -0.140. The first-order valence-electron chi connectivity index (χ1n) is 5.89. The van der Waals surface area contributed by atoms with Crippen molar-refractivity contribution < 1.29 is 19.4 Å². The second-order valence-electron chi connectivity index (χ2n) is 4.24. The van der Waals surface area contributed by atoms with Crippen molar-refractivity contribution in [1.82, 2.24) is 4.90 Å². The maximum Gasteiger partial charge on any atom is 0.305 e. The van der Waals surface area contributed by atoms with E-state index < -0.39 is 12.1 Å². The molecule has 0 saturated carbocycles. The van der Waals surface area contributed by atoms with Crippen LogP contribution in [0.3, 0.4) is 0 Å². The van der Waals surface area contributed by atoms with Gasteiger partial charge in [-0.15, -0.1) is 0 Å². The summed E-state index contributed by atoms with van der Waals surface area (Å²) in [6, 6.07) is 4.99. The van der Waals surface area contributed by atoms with Crippen LogP contribution in [-0.4, -0.2) is 41.6 Å². The first kappa shape index (κ1) is 16.8. The van der Waals surface area contributed by atoms with Gasteiger partial charge in [0.1, 0.15) is 5.75 Å². The Balaban J connectivity index is 2.63. The fourth-order valence-electron chi connectivity index (χ4n) is 1.50. The van der Waals surface area contributed by atoms with Crippen molar-refractivity contribution in [2.24, 2.45) is 0 Å². The summed E-state index contributed by atoms with van der Waals surface area (Å²) in [6.07, 6.45) is -0.814. The molecule has 0 spiro atoms. The van der Waals surface area contributed by atoms with Gasteiger partial charge in [-0.3, -0.25) is 9.59 Å². The maximum atomic E-state index is 12.0. The Bertz CT molecular complexity index is 509. The zero-order chi connectivity index (χ0) is 15.3. The molecule has 0 aliphatic heterocycles. The van der Waals surface area contributed by atoms with E-state index in [-0.39, 0.29) is 18.9 Å². The summed E-state index contributed by atoms with van der Waals surface area (Å²) in [7, 11) is 1.54. The molecule has 5 nitrogen and oxygen atoms in total. The Labute approximate surface area is 130 Å². The van der Waals surface area contributed by atoms with E-state index in [4.69, 9.17) is 21.4 Å². The van der Waals surface area contributed by atoms with Crippen LogP contribution in [0.1, 0.15) is 13.3 Å². The van der Waals surface area contributed by atoms with E-state index in [2.05, 4.69) is 15.9 Å². The standard InChI is InChI=1S/C13H15BrClNO4/c1-8(13(19)16(2)6-5-12(17)18)20-11-4-3-9(15)7-10(11)14/h3-4,7-8H,5-6H2,1-2H3,(H,17,18). The molecule has 0 aliphatic rings. The van der Waals surface area contributed by atoms with Crippen LogP contribution >= 0.6 is 27.5 Å². The molecular formula is C13H15BrClNO4. The molecule has 20 heavy (non-hydrogen) atoms. The molecule has 0 fully saturated rings. The molecule has 0 radical (unpaired) electrons. The van der Waals surface area contributed by atoms with Gasteiger partial charge in [0.05, 0.1) is 10.9 Å². The van der Waals surface area contributed by atoms with Crippen molar-refractivity contribution in [3.05, 3.63) is 27.7 Å². The lowest BCUT2D eigenvalue weighted by Crippen LogP contribution is -2.39. The molecule has 0 bridgehead atoms. The third-order valence-corrected chi connectivity index (χ3v) is 3.44. The monoisotopic (exact) mass is 363 g/mol. The molecule has 1 aromatic carbocycles. The average molecular weight is 365 g/mol. The Morgan fingerprint density at radius 1 is 1.50 bits per heavy atom. The summed E-state index contributed by atoms with van der Waals surface area (Å²) < 4.78 is 6.20. The van der Waals surface area contributed by atoms with E-state index in [9.17, 15) is 9.59 Å². The number of hydrogen-bond acceptors (Lipinski definition) is 3. The Kier molecular flexibility index (Phi) is 6.29. The van der Waals surface area contributed by atoms with Gasteiger partial charge in [-0.25, -0.2) is 0 Å². The Morgan fingerprint density at radius 3 is 2.70 bits per heavy atom. The van der Waals surface area contributed by atoms with Gasteiger partial charge in [0.2, 0.25) is 0 Å². The third kappa shape index (κ3) is 5.02. The molecule has 110 valence electrons. The number of aliphatic carboxylic acids is 1. The van der Waals surface area contributed by atoms with Gasteiger partial charge in [-0.1, -0.05) is 11.6 Å². The van der Waals surface area contributed by atoms with Crippen LogP contribution in [0.25, 0.3) is 0 Å². The SMILES string of the molecule is CC(Oc1ccc(Cl)cc1Br)C(=O)N(C)CCC(=O)O. The molecule has 0 saturated heterocycles. The van der Waals surface area contributed by atoms with E-state index in [1.54, 1.807) is 32.2 Å². The Morgan fingerprint density at radius 2 is 2.15 bits per heavy atom. The number of carboxylic acids is 1. The summed E-state index contributed by atoms with van der Waals surface area (Å²) in [6.45, 7) is 1.75. The zero-order valence-electron chi connectivity index (χ0n) is 11.1. The van der Waals surface area contributed by atoms with Gasteiger partial charge in [0.25, 0.3) is 5.91 Å². The first-order chi connectivity index (χ1) is 9.31. The summed E-state index contributed by atoms with van der Waals surface area (Å²) in [4.78, 5) is 23.8. The van der Waals surface area contributed by atoms with Gasteiger partial charge < -0.3 is 14.7 Å². The fraction of sp³-hybridized carbons (Fsp3) is 0.385. The minimum Gasteiger partial charge on any atom is -0.481 e. The van der Waals surface area contributed by atoms with Crippen LogP contribution in [-0.2, 0) is 9.59 Å². The van der Waals surface area contributed by atoms with Gasteiger partial charge in [-0.05, 0) is 41.1 Å². The van der Waals surface area contributed by atoms with E-state index >= 15 is 0 Å². The summed E-state index contributed by atoms with van der Waals surface area (Å²) >= 11 is 9.12. The van der Waals surface area contributed by atoms with Crippen molar-refractivity contribution in [1.29, 1.82) is 0 Å². The minimum absolute atomic E-state index is 0.0976. The number of ether oxygens (including phenoxy) is 1. The predicted molar refractivity (Wildman–Crippen MR) is 79.1 cm³/mol. The lowest BCUT2D eigenvalue weighted by atomic mass is 10.3. The molecule has 0 aromatic heterocycles. The number of carboxylic acid groups (broad SMARTS) is 1. The number of carbonyl (C=O) groups excluding carboxylic acids is 1. The van der Waals surface area contributed by atoms with Crippen molar-refractivity contribution in [3.8, 4) is 5.75 Å². The van der Waals surface area contributed by atoms with Crippen LogP contribution in [0.4, 0.5) is 0 Å². The molecule has 7 heteroatoms. The van der Waals surface area contributed by atoms with E-state index in [1.807, 2.05) is 0 Å². The number of carbonyl (C=O) groups is 2. The normalized spacial score (nSPS) is 11.8. The van der Waals surface area contributed by atoms with Crippen LogP contribution in [0.2, 0.25) is 5.02 Å². The first-order valence-corrected chi connectivity index (χ1v) is 7.07. The topological polar surface area (TPSA) is 66.8 Å². The number of rotatable bonds is 6. The van der Waals surface area contributed by atoms with Crippen LogP contribution in [0.15, 0.2) is 22.7 Å². The Hall–Kier alpha value is -1.27. The van der Waals surface area contributed by atoms with Crippen LogP contribution < -0.4 is 4.74 Å². The van der Waals surface area contributed by atoms with E-state index in [1.165, 1.54) is 4.90 Å². The lowest BCUT2D eigenvalue weighted by Gasteiger charge is -2.22. The molecule has 1 aromatic rings. The highest BCUT2D eigenvalue weighted by atomic mass is 79.9. The highest BCUT2D eigenvalue weighted by Crippen LogP contribution is 2.28. The van der Waals surface area contributed by atoms with E-state index in [0.717, 1.165) is 0 Å². The van der Waals surface area contributed by atoms with Crippen LogP contribution in [0.5, 0.6) is 5.75 Å². The average Bonchev–Trinajstić information content (AvgIpc) is 2.38. The van der Waals surface area contributed by atoms with Crippen LogP contribution in [0, 0.1) is 0 Å². The van der Waals surface area contributed by atoms with E-state index in [0.29, 0.717) is 15.2 Å². The summed E-state index contributed by atoms with van der Waals surface area (Å²) in [5.74, 6) is -0.728. The number of nitrogens with zero attached hydrogens (tertiary/aromatic N) is 1. The fourth-order valence-corrected chi connectivity index (χ4v) is 2.27. The van der Waals surface area contributed by atoms with Crippen molar-refractivity contribution in [3.63, 3.8) is 0 Å². The van der Waals surface area contributed by atoms with Crippen molar-refractivity contribution >= 4 is 39.4 Å². The molecule has 1 rings (SSSR count). The largest absolute Gasteiger partial charge is 0.481 e. The van der Waals surface area contributed by atoms with Crippen molar-refractivity contribution in [2.45, 2.75) is 19.4 Å². The molecule has 1 N–H and O–H groups in total. The number of halogens is 2. The number of benzene rings is 1. The molecule has 1 atom stereocenters. The second kappa shape index (κ2) is 7.50. The zero-order valence-corrected chi connectivity index (χ0v) is 13.4. The smallest absolute Gasteiger partial charge is 0.305 e. The molecule has 0 heterocycles. The van der Waals surface area contributed by atoms with Gasteiger partial charge in [0, 0.05) is 18.6 Å². The predicted octanol–water partition coefficient (Wildman–Crippen LogP) is 2.80. The van der Waals surface area contributed by atoms with Gasteiger partial charge in [-0.2, -0.15) is 0 Å².